The molecule has 1 aliphatic rings. The molecule has 26 heavy (non-hydrogen) atoms. The average Bonchev–Trinajstić information content (AvgIpc) is 2.98. The highest BCUT2D eigenvalue weighted by atomic mass is 16.5. The maximum Gasteiger partial charge on any atom is 0.305 e. The van der Waals surface area contributed by atoms with E-state index in [2.05, 4.69) is 36.0 Å². The fourth-order valence-corrected chi connectivity index (χ4v) is 3.46. The van der Waals surface area contributed by atoms with E-state index in [1.807, 2.05) is 0 Å². The van der Waals surface area contributed by atoms with Crippen molar-refractivity contribution in [2.45, 2.75) is 83.7 Å². The van der Waals surface area contributed by atoms with E-state index in [0.29, 0.717) is 31.0 Å². The van der Waals surface area contributed by atoms with Crippen molar-refractivity contribution >= 4 is 11.8 Å². The minimum atomic E-state index is -0.261. The molecule has 0 amide bonds. The van der Waals surface area contributed by atoms with Crippen LogP contribution in [0.4, 0.5) is 0 Å². The number of rotatable bonds is 13. The van der Waals surface area contributed by atoms with Crippen molar-refractivity contribution in [3.05, 3.63) is 24.3 Å². The third-order valence-electron chi connectivity index (χ3n) is 5.12. The van der Waals surface area contributed by atoms with Crippen LogP contribution in [0.3, 0.4) is 0 Å². The highest BCUT2D eigenvalue weighted by molar-refractivity contribution is 5.83. The van der Waals surface area contributed by atoms with Gasteiger partial charge in [-0.15, -0.1) is 0 Å². The predicted molar refractivity (Wildman–Crippen MR) is 105 cm³/mol. The molecule has 1 unspecified atom stereocenters. The number of carbonyl (C=O) groups is 2. The summed E-state index contributed by atoms with van der Waals surface area (Å²) in [6.07, 6.45) is 17.5. The Balaban J connectivity index is 2.31. The molecule has 0 radical (unpaired) electrons. The molecule has 0 aromatic rings. The monoisotopic (exact) mass is 364 g/mol. The Bertz CT molecular complexity index is 467. The van der Waals surface area contributed by atoms with Crippen molar-refractivity contribution < 1.29 is 19.4 Å². The lowest BCUT2D eigenvalue weighted by molar-refractivity contribution is -0.140. The van der Waals surface area contributed by atoms with E-state index in [-0.39, 0.29) is 18.0 Å². The first-order valence-electron chi connectivity index (χ1n) is 10.2. The molecular formula is C22H36O4. The maximum absolute atomic E-state index is 12.1. The Morgan fingerprint density at radius 1 is 1.27 bits per heavy atom. The van der Waals surface area contributed by atoms with E-state index < -0.39 is 0 Å². The quantitative estimate of drug-likeness (QED) is 0.291. The number of aliphatic hydroxyl groups is 1. The van der Waals surface area contributed by atoms with E-state index in [0.717, 1.165) is 38.5 Å². The second-order valence-corrected chi connectivity index (χ2v) is 7.26. The van der Waals surface area contributed by atoms with Crippen LogP contribution in [0.5, 0.6) is 0 Å². The van der Waals surface area contributed by atoms with E-state index in [1.165, 1.54) is 20.0 Å². The maximum atomic E-state index is 12.1. The number of hydrogen-bond acceptors (Lipinski definition) is 4. The lowest BCUT2D eigenvalue weighted by atomic mass is 9.91. The summed E-state index contributed by atoms with van der Waals surface area (Å²) in [6.45, 7) is 2.16. The first-order chi connectivity index (χ1) is 12.6. The molecule has 0 heterocycles. The van der Waals surface area contributed by atoms with Gasteiger partial charge in [-0.25, -0.2) is 0 Å². The lowest BCUT2D eigenvalue weighted by Crippen LogP contribution is -2.12. The van der Waals surface area contributed by atoms with Crippen LogP contribution in [0.1, 0.15) is 77.6 Å². The Morgan fingerprint density at radius 3 is 2.81 bits per heavy atom. The summed E-state index contributed by atoms with van der Waals surface area (Å²) in [5, 5.41) is 9.99. The second-order valence-electron chi connectivity index (χ2n) is 7.26. The molecule has 3 atom stereocenters. The normalized spacial score (nSPS) is 21.7. The third kappa shape index (κ3) is 9.33. The highest BCUT2D eigenvalue weighted by Gasteiger charge is 2.31. The van der Waals surface area contributed by atoms with Gasteiger partial charge in [-0.1, -0.05) is 50.5 Å². The molecule has 1 rings (SSSR count). The van der Waals surface area contributed by atoms with E-state index in [4.69, 9.17) is 0 Å². The van der Waals surface area contributed by atoms with Gasteiger partial charge in [-0.3, -0.25) is 9.59 Å². The summed E-state index contributed by atoms with van der Waals surface area (Å²) < 4.78 is 4.61. The van der Waals surface area contributed by atoms with Crippen LogP contribution in [0.25, 0.3) is 0 Å². The summed E-state index contributed by atoms with van der Waals surface area (Å²) >= 11 is 0. The van der Waals surface area contributed by atoms with Gasteiger partial charge in [0.05, 0.1) is 13.2 Å². The minimum Gasteiger partial charge on any atom is -0.469 e. The van der Waals surface area contributed by atoms with Gasteiger partial charge in [0.15, 0.2) is 0 Å². The molecule has 0 aromatic heterocycles. The molecule has 0 saturated heterocycles. The number of esters is 1. The fourth-order valence-electron chi connectivity index (χ4n) is 3.46. The molecule has 1 fully saturated rings. The lowest BCUT2D eigenvalue weighted by Gasteiger charge is -2.13. The van der Waals surface area contributed by atoms with Crippen molar-refractivity contribution in [1.82, 2.24) is 0 Å². The van der Waals surface area contributed by atoms with Crippen LogP contribution in [0.2, 0.25) is 0 Å². The summed E-state index contributed by atoms with van der Waals surface area (Å²) in [6, 6.07) is 0. The van der Waals surface area contributed by atoms with Crippen LogP contribution in [-0.4, -0.2) is 30.1 Å². The number of carbonyl (C=O) groups excluding carboxylic acids is 2. The Kier molecular flexibility index (Phi) is 12.0. The van der Waals surface area contributed by atoms with Crippen LogP contribution in [0, 0.1) is 11.8 Å². The van der Waals surface area contributed by atoms with Crippen molar-refractivity contribution in [3.63, 3.8) is 0 Å². The fraction of sp³-hybridized carbons (Fsp3) is 0.727. The zero-order valence-corrected chi connectivity index (χ0v) is 16.5. The first kappa shape index (κ1) is 22.6. The molecule has 1 aliphatic carbocycles. The first-order valence-corrected chi connectivity index (χ1v) is 10.2. The Hall–Kier alpha value is -1.42. The number of hydrogen-bond donors (Lipinski definition) is 1. The van der Waals surface area contributed by atoms with Crippen LogP contribution >= 0.6 is 0 Å². The number of Topliss-reactive ketones (excluding diaryl/α,β-unsaturated/α-hetero) is 1. The molecule has 1 N–H and O–H groups in total. The van der Waals surface area contributed by atoms with Crippen LogP contribution in [-0.2, 0) is 14.3 Å². The summed E-state index contributed by atoms with van der Waals surface area (Å²) in [5.41, 5.74) is 0. The summed E-state index contributed by atoms with van der Waals surface area (Å²) in [7, 11) is 1.40. The number of aliphatic hydroxyl groups excluding tert-OH is 1. The SMILES string of the molecule is CCCCCC(O)CC=C[C@H]1CCC(=O)[C@@H]1CC=CCCCC(=O)OC. The molecule has 4 nitrogen and oxygen atoms in total. The topological polar surface area (TPSA) is 63.6 Å². The van der Waals surface area contributed by atoms with Crippen LogP contribution in [0.15, 0.2) is 24.3 Å². The van der Waals surface area contributed by atoms with Gasteiger partial charge in [-0.2, -0.15) is 0 Å². The van der Waals surface area contributed by atoms with Gasteiger partial charge in [0.1, 0.15) is 5.78 Å². The zero-order valence-electron chi connectivity index (χ0n) is 16.5. The standard InChI is InChI=1S/C22H36O4/c1-3-4-7-12-19(23)13-10-11-18-16-17-21(24)20(18)14-8-5-6-9-15-22(25)26-2/h5,8,10-11,18-20,23H,3-4,6-7,9,12-17H2,1-2H3/t18-,19?,20+/m0/s1. The smallest absolute Gasteiger partial charge is 0.305 e. The minimum absolute atomic E-state index is 0.0698. The second kappa shape index (κ2) is 13.7. The number of ketones is 1. The summed E-state index contributed by atoms with van der Waals surface area (Å²) in [5.74, 6) is 0.541. The predicted octanol–water partition coefficient (Wildman–Crippen LogP) is 4.76. The van der Waals surface area contributed by atoms with Gasteiger partial charge >= 0.3 is 5.97 Å². The van der Waals surface area contributed by atoms with Gasteiger partial charge in [0.25, 0.3) is 0 Å². The van der Waals surface area contributed by atoms with Crippen molar-refractivity contribution in [2.75, 3.05) is 7.11 Å². The van der Waals surface area contributed by atoms with Crippen LogP contribution < -0.4 is 0 Å². The Labute approximate surface area is 158 Å². The zero-order chi connectivity index (χ0) is 19.2. The molecule has 0 bridgehead atoms. The number of methoxy groups -OCH3 is 1. The van der Waals surface area contributed by atoms with Crippen molar-refractivity contribution in [1.29, 1.82) is 0 Å². The molecule has 148 valence electrons. The molecular weight excluding hydrogens is 328 g/mol. The van der Waals surface area contributed by atoms with Crippen molar-refractivity contribution in [2.24, 2.45) is 11.8 Å². The molecule has 4 heteroatoms. The molecule has 0 spiro atoms. The van der Waals surface area contributed by atoms with E-state index in [1.54, 1.807) is 0 Å². The Morgan fingerprint density at radius 2 is 2.08 bits per heavy atom. The average molecular weight is 365 g/mol. The van der Waals surface area contributed by atoms with Gasteiger partial charge in [0, 0.05) is 18.8 Å². The molecule has 0 aromatic carbocycles. The van der Waals surface area contributed by atoms with Gasteiger partial charge in [0.2, 0.25) is 0 Å². The number of ether oxygens (including phenoxy) is 1. The largest absolute Gasteiger partial charge is 0.469 e. The number of allylic oxidation sites excluding steroid dienone is 3. The molecule has 1 saturated carbocycles. The van der Waals surface area contributed by atoms with E-state index >= 15 is 0 Å². The third-order valence-corrected chi connectivity index (χ3v) is 5.12. The van der Waals surface area contributed by atoms with Gasteiger partial charge in [-0.05, 0) is 44.4 Å². The number of unbranched alkanes of at least 4 members (excludes halogenated alkanes) is 3. The van der Waals surface area contributed by atoms with E-state index in [9.17, 15) is 14.7 Å². The highest BCUT2D eigenvalue weighted by Crippen LogP contribution is 2.33. The summed E-state index contributed by atoms with van der Waals surface area (Å²) in [4.78, 5) is 23.2. The van der Waals surface area contributed by atoms with Crippen molar-refractivity contribution in [3.8, 4) is 0 Å². The van der Waals surface area contributed by atoms with Gasteiger partial charge < -0.3 is 9.84 Å². The molecule has 0 aliphatic heterocycles.